The zero-order chi connectivity index (χ0) is 17.1. The van der Waals surface area contributed by atoms with Gasteiger partial charge in [0.15, 0.2) is 0 Å². The van der Waals surface area contributed by atoms with E-state index in [0.717, 1.165) is 24.8 Å². The quantitative estimate of drug-likeness (QED) is 0.890. The van der Waals surface area contributed by atoms with Gasteiger partial charge in [-0.3, -0.25) is 4.79 Å². The summed E-state index contributed by atoms with van der Waals surface area (Å²) >= 11 is 6.31. The first-order valence-corrected chi connectivity index (χ1v) is 9.25. The van der Waals surface area contributed by atoms with Crippen LogP contribution in [0.5, 0.6) is 5.75 Å². The van der Waals surface area contributed by atoms with E-state index >= 15 is 0 Å². The van der Waals surface area contributed by atoms with Gasteiger partial charge in [-0.25, -0.2) is 0 Å². The third-order valence-electron chi connectivity index (χ3n) is 5.86. The molecule has 24 heavy (non-hydrogen) atoms. The molecule has 130 valence electrons. The number of ether oxygens (including phenoxy) is 1. The maximum atomic E-state index is 12.9. The van der Waals surface area contributed by atoms with Crippen molar-refractivity contribution in [3.8, 4) is 5.75 Å². The Morgan fingerprint density at radius 3 is 2.62 bits per heavy atom. The molecule has 1 amide bonds. The minimum Gasteiger partial charge on any atom is -0.486 e. The van der Waals surface area contributed by atoms with Gasteiger partial charge in [-0.15, -0.1) is 0 Å². The molecule has 0 spiro atoms. The number of carbonyl (C=O) groups is 1. The predicted molar refractivity (Wildman–Crippen MR) is 94.9 cm³/mol. The highest BCUT2D eigenvalue weighted by Crippen LogP contribution is 2.42. The maximum Gasteiger partial charge on any atom is 0.255 e. The van der Waals surface area contributed by atoms with Crippen LogP contribution in [0.3, 0.4) is 0 Å². The van der Waals surface area contributed by atoms with Crippen LogP contribution in [0.4, 0.5) is 0 Å². The number of amides is 1. The van der Waals surface area contributed by atoms with E-state index in [-0.39, 0.29) is 17.6 Å². The molecule has 3 atom stereocenters. The van der Waals surface area contributed by atoms with Gasteiger partial charge in [-0.2, -0.15) is 0 Å². The van der Waals surface area contributed by atoms with Crippen molar-refractivity contribution < 1.29 is 9.53 Å². The van der Waals surface area contributed by atoms with E-state index < -0.39 is 0 Å². The summed E-state index contributed by atoms with van der Waals surface area (Å²) in [5.41, 5.74) is 1.26. The fourth-order valence-corrected chi connectivity index (χ4v) is 4.81. The monoisotopic (exact) mass is 348 g/mol. The summed E-state index contributed by atoms with van der Waals surface area (Å²) in [6, 6.07) is 5.09. The number of halogens is 1. The van der Waals surface area contributed by atoms with Gasteiger partial charge in [-0.05, 0) is 58.7 Å². The molecule has 1 unspecified atom stereocenters. The lowest BCUT2D eigenvalue weighted by Gasteiger charge is -2.36. The largest absolute Gasteiger partial charge is 0.486 e. The zero-order valence-electron chi connectivity index (χ0n) is 14.6. The second-order valence-electron chi connectivity index (χ2n) is 8.13. The van der Waals surface area contributed by atoms with Gasteiger partial charge < -0.3 is 15.0 Å². The molecule has 4 rings (SSSR count). The molecule has 0 saturated carbocycles. The number of fused-ring (bicyclic) bond motifs is 3. The van der Waals surface area contributed by atoms with E-state index in [9.17, 15) is 4.79 Å². The first-order chi connectivity index (χ1) is 11.3. The Labute approximate surface area is 148 Å². The highest BCUT2D eigenvalue weighted by molar-refractivity contribution is 6.31. The van der Waals surface area contributed by atoms with Crippen LogP contribution in [-0.2, 0) is 6.42 Å². The lowest BCUT2D eigenvalue weighted by atomic mass is 9.97. The highest BCUT2D eigenvalue weighted by Gasteiger charge is 2.40. The molecule has 5 heteroatoms. The van der Waals surface area contributed by atoms with Gasteiger partial charge in [-0.1, -0.05) is 11.6 Å². The van der Waals surface area contributed by atoms with Gasteiger partial charge in [0.05, 0.1) is 5.56 Å². The summed E-state index contributed by atoms with van der Waals surface area (Å²) in [5, 5.41) is 3.93. The minimum absolute atomic E-state index is 0.0328. The molecule has 0 aromatic heterocycles. The van der Waals surface area contributed by atoms with Crippen LogP contribution >= 0.6 is 11.6 Å². The van der Waals surface area contributed by atoms with Crippen molar-refractivity contribution in [1.29, 1.82) is 0 Å². The molecular formula is C19H25ClN2O2. The zero-order valence-corrected chi connectivity index (χ0v) is 15.3. The molecule has 1 aromatic carbocycles. The molecule has 3 heterocycles. The average Bonchev–Trinajstić information content (AvgIpc) is 2.91. The smallest absolute Gasteiger partial charge is 0.255 e. The molecule has 2 bridgehead atoms. The van der Waals surface area contributed by atoms with E-state index in [4.69, 9.17) is 16.3 Å². The van der Waals surface area contributed by atoms with Gasteiger partial charge >= 0.3 is 0 Å². The SMILES string of the molecule is CN1[C@@H]2CC[C@H]1CC(NC(=O)c1ccc(Cl)c3c1OC(C)(C)C3)C2. The molecule has 0 radical (unpaired) electrons. The van der Waals surface area contributed by atoms with Crippen molar-refractivity contribution in [1.82, 2.24) is 10.2 Å². The fraction of sp³-hybridized carbons (Fsp3) is 0.632. The van der Waals surface area contributed by atoms with Gasteiger partial charge in [0, 0.05) is 35.1 Å². The van der Waals surface area contributed by atoms with Crippen LogP contribution in [0.25, 0.3) is 0 Å². The van der Waals surface area contributed by atoms with Crippen molar-refractivity contribution >= 4 is 17.5 Å². The molecule has 1 aromatic rings. The first-order valence-electron chi connectivity index (χ1n) is 8.87. The molecule has 1 N–H and O–H groups in total. The number of hydrogen-bond acceptors (Lipinski definition) is 3. The lowest BCUT2D eigenvalue weighted by Crippen LogP contribution is -2.48. The van der Waals surface area contributed by atoms with Crippen molar-refractivity contribution in [2.75, 3.05) is 7.05 Å². The summed E-state index contributed by atoms with van der Waals surface area (Å²) in [6.07, 6.45) is 5.32. The summed E-state index contributed by atoms with van der Waals surface area (Å²) in [4.78, 5) is 15.3. The second-order valence-corrected chi connectivity index (χ2v) is 8.54. The standard InChI is InChI=1S/C19H25ClN2O2/c1-19(2)10-15-16(20)7-6-14(17(15)24-19)18(23)21-11-8-12-4-5-13(9-11)22(12)3/h6-7,11-13H,4-5,8-10H2,1-3H3,(H,21,23)/t11?,12-,13+. The number of rotatable bonds is 2. The third kappa shape index (κ3) is 2.70. The van der Waals surface area contributed by atoms with Crippen LogP contribution in [0.2, 0.25) is 5.02 Å². The fourth-order valence-electron chi connectivity index (χ4n) is 4.59. The number of hydrogen-bond donors (Lipinski definition) is 1. The predicted octanol–water partition coefficient (Wildman–Crippen LogP) is 3.41. The van der Waals surface area contributed by atoms with Gasteiger partial charge in [0.2, 0.25) is 0 Å². The molecular weight excluding hydrogens is 324 g/mol. The molecule has 2 saturated heterocycles. The van der Waals surface area contributed by atoms with E-state index in [1.165, 1.54) is 12.8 Å². The van der Waals surface area contributed by atoms with Crippen molar-refractivity contribution in [3.05, 3.63) is 28.3 Å². The summed E-state index contributed by atoms with van der Waals surface area (Å²) in [6.45, 7) is 4.05. The number of piperidine rings is 1. The van der Waals surface area contributed by atoms with Gasteiger partial charge in [0.1, 0.15) is 11.4 Å². The Bertz CT molecular complexity index is 674. The minimum atomic E-state index is -0.311. The lowest BCUT2D eigenvalue weighted by molar-refractivity contribution is 0.0870. The second kappa shape index (κ2) is 5.63. The molecule has 0 aliphatic carbocycles. The Balaban J connectivity index is 1.53. The Hall–Kier alpha value is -1.26. The third-order valence-corrected chi connectivity index (χ3v) is 6.22. The van der Waals surface area contributed by atoms with E-state index in [1.807, 2.05) is 19.9 Å². The summed E-state index contributed by atoms with van der Waals surface area (Å²) in [7, 11) is 2.21. The average molecular weight is 349 g/mol. The van der Waals surface area contributed by atoms with E-state index in [1.54, 1.807) is 6.07 Å². The number of carbonyl (C=O) groups excluding carboxylic acids is 1. The van der Waals surface area contributed by atoms with E-state index in [0.29, 0.717) is 28.4 Å². The van der Waals surface area contributed by atoms with Crippen LogP contribution in [0.1, 0.15) is 55.5 Å². The van der Waals surface area contributed by atoms with Crippen LogP contribution in [0.15, 0.2) is 12.1 Å². The summed E-state index contributed by atoms with van der Waals surface area (Å²) in [5.74, 6) is 0.635. The topological polar surface area (TPSA) is 41.6 Å². The van der Waals surface area contributed by atoms with Crippen molar-refractivity contribution in [2.45, 2.75) is 69.7 Å². The summed E-state index contributed by atoms with van der Waals surface area (Å²) < 4.78 is 6.03. The van der Waals surface area contributed by atoms with Gasteiger partial charge in [0.25, 0.3) is 5.91 Å². The molecule has 3 aliphatic rings. The maximum absolute atomic E-state index is 12.9. The van der Waals surface area contributed by atoms with Crippen LogP contribution in [0, 0.1) is 0 Å². The molecule has 2 fully saturated rings. The highest BCUT2D eigenvalue weighted by atomic mass is 35.5. The van der Waals surface area contributed by atoms with E-state index in [2.05, 4.69) is 17.3 Å². The molecule has 3 aliphatic heterocycles. The van der Waals surface area contributed by atoms with Crippen molar-refractivity contribution in [2.24, 2.45) is 0 Å². The normalized spacial score (nSPS) is 30.8. The Morgan fingerprint density at radius 1 is 1.29 bits per heavy atom. The van der Waals surface area contributed by atoms with Crippen LogP contribution < -0.4 is 10.1 Å². The number of nitrogens with one attached hydrogen (secondary N) is 1. The van der Waals surface area contributed by atoms with Crippen molar-refractivity contribution in [3.63, 3.8) is 0 Å². The van der Waals surface area contributed by atoms with Crippen LogP contribution in [-0.4, -0.2) is 41.6 Å². The Kier molecular flexibility index (Phi) is 3.81. The number of benzene rings is 1. The Morgan fingerprint density at radius 2 is 1.96 bits per heavy atom. The first kappa shape index (κ1) is 16.2. The molecule has 4 nitrogen and oxygen atoms in total. The number of nitrogens with zero attached hydrogens (tertiary/aromatic N) is 1.